The van der Waals surface area contributed by atoms with Crippen LogP contribution in [0.2, 0.25) is 5.02 Å². The predicted molar refractivity (Wildman–Crippen MR) is 116 cm³/mol. The Bertz CT molecular complexity index is 931. The minimum absolute atomic E-state index is 0.380. The highest BCUT2D eigenvalue weighted by Crippen LogP contribution is 2.15. The molecule has 0 unspecified atom stereocenters. The molecule has 0 aliphatic heterocycles. The van der Waals surface area contributed by atoms with E-state index in [1.807, 2.05) is 66.7 Å². The van der Waals surface area contributed by atoms with E-state index in [0.29, 0.717) is 16.7 Å². The Labute approximate surface area is 168 Å². The maximum atomic E-state index is 5.95. The first-order valence-corrected chi connectivity index (χ1v) is 9.10. The Kier molecular flexibility index (Phi) is 6.79. The van der Waals surface area contributed by atoms with Crippen molar-refractivity contribution in [1.29, 1.82) is 0 Å². The third-order valence-electron chi connectivity index (χ3n) is 3.57. The van der Waals surface area contributed by atoms with Gasteiger partial charge in [-0.2, -0.15) is 5.10 Å². The van der Waals surface area contributed by atoms with Crippen LogP contribution in [-0.2, 0) is 6.61 Å². The van der Waals surface area contributed by atoms with Crippen LogP contribution in [0.15, 0.2) is 84.0 Å². The molecule has 0 aliphatic carbocycles. The number of hydrazone groups is 1. The lowest BCUT2D eigenvalue weighted by molar-refractivity contribution is 0.306. The van der Waals surface area contributed by atoms with Crippen molar-refractivity contribution in [1.82, 2.24) is 5.43 Å². The summed E-state index contributed by atoms with van der Waals surface area (Å²) in [6, 6.07) is 25.0. The summed E-state index contributed by atoms with van der Waals surface area (Å²) < 4.78 is 5.82. The average Bonchev–Trinajstić information content (AvgIpc) is 2.68. The molecular formula is C21H18ClN3OS. The Morgan fingerprint density at radius 3 is 2.63 bits per heavy atom. The smallest absolute Gasteiger partial charge is 0.191 e. The molecule has 0 saturated carbocycles. The summed E-state index contributed by atoms with van der Waals surface area (Å²) in [5.41, 5.74) is 5.60. The predicted octanol–water partition coefficient (Wildman–Crippen LogP) is 5.24. The molecule has 0 heterocycles. The van der Waals surface area contributed by atoms with E-state index in [2.05, 4.69) is 15.8 Å². The largest absolute Gasteiger partial charge is 0.489 e. The fraction of sp³-hybridized carbons (Fsp3) is 0.0476. The molecule has 6 heteroatoms. The molecule has 3 aromatic carbocycles. The second-order valence-corrected chi connectivity index (χ2v) is 6.53. The zero-order chi connectivity index (χ0) is 18.9. The molecule has 136 valence electrons. The van der Waals surface area contributed by atoms with E-state index in [4.69, 9.17) is 28.6 Å². The topological polar surface area (TPSA) is 45.7 Å². The van der Waals surface area contributed by atoms with Gasteiger partial charge in [0.2, 0.25) is 0 Å². The molecule has 3 aromatic rings. The lowest BCUT2D eigenvalue weighted by Crippen LogP contribution is -2.23. The summed E-state index contributed by atoms with van der Waals surface area (Å²) in [4.78, 5) is 0. The van der Waals surface area contributed by atoms with Crippen molar-refractivity contribution in [2.75, 3.05) is 5.32 Å². The fourth-order valence-corrected chi connectivity index (χ4v) is 2.68. The van der Waals surface area contributed by atoms with Gasteiger partial charge >= 0.3 is 0 Å². The van der Waals surface area contributed by atoms with Crippen molar-refractivity contribution >= 4 is 40.8 Å². The number of anilines is 1. The number of hydrogen-bond acceptors (Lipinski definition) is 3. The summed E-state index contributed by atoms with van der Waals surface area (Å²) in [6.45, 7) is 0.521. The van der Waals surface area contributed by atoms with E-state index in [0.717, 1.165) is 22.6 Å². The van der Waals surface area contributed by atoms with Gasteiger partial charge in [-0.3, -0.25) is 5.43 Å². The van der Waals surface area contributed by atoms with Crippen molar-refractivity contribution in [3.8, 4) is 5.75 Å². The van der Waals surface area contributed by atoms with Crippen LogP contribution in [0.3, 0.4) is 0 Å². The number of benzene rings is 3. The molecule has 0 spiro atoms. The number of nitrogens with zero attached hydrogens (tertiary/aromatic N) is 1. The van der Waals surface area contributed by atoms with Crippen molar-refractivity contribution in [2.45, 2.75) is 6.61 Å². The van der Waals surface area contributed by atoms with Gasteiger partial charge in [-0.25, -0.2) is 0 Å². The van der Waals surface area contributed by atoms with E-state index in [1.54, 1.807) is 18.3 Å². The molecule has 0 bridgehead atoms. The molecule has 0 aliphatic rings. The number of nitrogens with one attached hydrogen (secondary N) is 2. The first-order valence-electron chi connectivity index (χ1n) is 8.31. The lowest BCUT2D eigenvalue weighted by atomic mass is 10.2. The normalized spacial score (nSPS) is 10.6. The second-order valence-electron chi connectivity index (χ2n) is 5.68. The maximum absolute atomic E-state index is 5.95. The van der Waals surface area contributed by atoms with Crippen LogP contribution in [0.5, 0.6) is 5.75 Å². The molecule has 0 aromatic heterocycles. The van der Waals surface area contributed by atoms with Crippen molar-refractivity contribution in [3.63, 3.8) is 0 Å². The molecule has 0 saturated heterocycles. The van der Waals surface area contributed by atoms with Gasteiger partial charge < -0.3 is 10.1 Å². The lowest BCUT2D eigenvalue weighted by Gasteiger charge is -2.08. The monoisotopic (exact) mass is 395 g/mol. The first-order chi connectivity index (χ1) is 13.2. The molecule has 27 heavy (non-hydrogen) atoms. The minimum atomic E-state index is 0.380. The highest BCUT2D eigenvalue weighted by molar-refractivity contribution is 7.80. The molecular weight excluding hydrogens is 378 g/mol. The number of ether oxygens (including phenoxy) is 1. The third-order valence-corrected chi connectivity index (χ3v) is 4.00. The van der Waals surface area contributed by atoms with E-state index in [9.17, 15) is 0 Å². The quantitative estimate of drug-likeness (QED) is 0.340. The second kappa shape index (κ2) is 9.71. The summed E-state index contributed by atoms with van der Waals surface area (Å²) in [5.74, 6) is 0.780. The van der Waals surface area contributed by atoms with Crippen LogP contribution < -0.4 is 15.5 Å². The van der Waals surface area contributed by atoms with Gasteiger partial charge in [0, 0.05) is 10.7 Å². The zero-order valence-electron chi connectivity index (χ0n) is 14.4. The van der Waals surface area contributed by atoms with Crippen molar-refractivity contribution in [3.05, 3.63) is 95.0 Å². The van der Waals surface area contributed by atoms with E-state index < -0.39 is 0 Å². The van der Waals surface area contributed by atoms with E-state index >= 15 is 0 Å². The number of thiocarbonyl (C=S) groups is 1. The Morgan fingerprint density at radius 2 is 1.81 bits per heavy atom. The summed E-state index contributed by atoms with van der Waals surface area (Å²) >= 11 is 11.2. The summed E-state index contributed by atoms with van der Waals surface area (Å²) in [7, 11) is 0. The van der Waals surface area contributed by atoms with Crippen molar-refractivity contribution < 1.29 is 4.74 Å². The number of rotatable bonds is 6. The summed E-state index contributed by atoms with van der Waals surface area (Å²) in [6.07, 6.45) is 1.68. The van der Waals surface area contributed by atoms with E-state index in [1.165, 1.54) is 0 Å². The SMILES string of the molecule is S=C(N/N=C/c1cccc(OCc2ccccc2)c1)Nc1cccc(Cl)c1. The van der Waals surface area contributed by atoms with Gasteiger partial charge in [-0.15, -0.1) is 0 Å². The molecule has 0 fully saturated rings. The van der Waals surface area contributed by atoms with Crippen molar-refractivity contribution in [2.24, 2.45) is 5.10 Å². The van der Waals surface area contributed by atoms with Gasteiger partial charge in [0.1, 0.15) is 12.4 Å². The van der Waals surface area contributed by atoms with Crippen LogP contribution in [-0.4, -0.2) is 11.3 Å². The van der Waals surface area contributed by atoms with Crippen LogP contribution >= 0.6 is 23.8 Å². The summed E-state index contributed by atoms with van der Waals surface area (Å²) in [5, 5.41) is 8.19. The molecule has 2 N–H and O–H groups in total. The molecule has 3 rings (SSSR count). The molecule has 0 amide bonds. The van der Waals surface area contributed by atoms with Gasteiger partial charge in [0.15, 0.2) is 5.11 Å². The van der Waals surface area contributed by atoms with Crippen LogP contribution in [0, 0.1) is 0 Å². The first kappa shape index (κ1) is 18.9. The minimum Gasteiger partial charge on any atom is -0.489 e. The van der Waals surface area contributed by atoms with Gasteiger partial charge in [-0.05, 0) is 53.7 Å². The Hall–Kier alpha value is -2.89. The zero-order valence-corrected chi connectivity index (χ0v) is 16.0. The molecule has 0 radical (unpaired) electrons. The Balaban J connectivity index is 1.52. The standard InChI is InChI=1S/C21H18ClN3OS/c22-18-9-5-10-19(13-18)24-21(27)25-23-14-17-8-4-11-20(12-17)26-15-16-6-2-1-3-7-16/h1-14H,15H2,(H2,24,25,27)/b23-14+. The highest BCUT2D eigenvalue weighted by atomic mass is 35.5. The molecule has 4 nitrogen and oxygen atoms in total. The Morgan fingerprint density at radius 1 is 1.00 bits per heavy atom. The molecule has 0 atom stereocenters. The number of hydrogen-bond donors (Lipinski definition) is 2. The van der Waals surface area contributed by atoms with Gasteiger partial charge in [-0.1, -0.05) is 60.1 Å². The van der Waals surface area contributed by atoms with Crippen LogP contribution in [0.1, 0.15) is 11.1 Å². The van der Waals surface area contributed by atoms with Crippen LogP contribution in [0.4, 0.5) is 5.69 Å². The average molecular weight is 396 g/mol. The van der Waals surface area contributed by atoms with Gasteiger partial charge in [0.25, 0.3) is 0 Å². The maximum Gasteiger partial charge on any atom is 0.191 e. The highest BCUT2D eigenvalue weighted by Gasteiger charge is 1.98. The third kappa shape index (κ3) is 6.40. The van der Waals surface area contributed by atoms with Crippen LogP contribution in [0.25, 0.3) is 0 Å². The fourth-order valence-electron chi connectivity index (χ4n) is 2.32. The van der Waals surface area contributed by atoms with E-state index in [-0.39, 0.29) is 0 Å². The van der Waals surface area contributed by atoms with Gasteiger partial charge in [0.05, 0.1) is 6.21 Å². The number of halogens is 1.